The Morgan fingerprint density at radius 3 is 2.65 bits per heavy atom. The molecular formula is C12H19F3N2. The highest BCUT2D eigenvalue weighted by atomic mass is 19.4. The van der Waals surface area contributed by atoms with Gasteiger partial charge in [0.1, 0.15) is 0 Å². The van der Waals surface area contributed by atoms with Gasteiger partial charge >= 0.3 is 6.18 Å². The van der Waals surface area contributed by atoms with Crippen LogP contribution in [0.3, 0.4) is 0 Å². The predicted molar refractivity (Wildman–Crippen MR) is 61.7 cm³/mol. The second-order valence-electron chi connectivity index (χ2n) is 4.45. The van der Waals surface area contributed by atoms with Crippen molar-refractivity contribution in [3.63, 3.8) is 0 Å². The molecule has 1 heterocycles. The Bertz CT molecular complexity index is 329. The van der Waals surface area contributed by atoms with Gasteiger partial charge in [-0.1, -0.05) is 13.8 Å². The Labute approximate surface area is 99.8 Å². The third-order valence-electron chi connectivity index (χ3n) is 2.47. The van der Waals surface area contributed by atoms with Gasteiger partial charge in [0.2, 0.25) is 0 Å². The number of nitrogens with one attached hydrogen (secondary N) is 1. The summed E-state index contributed by atoms with van der Waals surface area (Å²) in [5.41, 5.74) is 1.03. The zero-order chi connectivity index (χ0) is 12.9. The van der Waals surface area contributed by atoms with Gasteiger partial charge in [0.05, 0.1) is 0 Å². The van der Waals surface area contributed by atoms with Crippen LogP contribution in [0.2, 0.25) is 0 Å². The Hall–Kier alpha value is -0.970. The van der Waals surface area contributed by atoms with Crippen LogP contribution >= 0.6 is 0 Å². The number of aromatic nitrogens is 1. The van der Waals surface area contributed by atoms with Crippen molar-refractivity contribution in [3.05, 3.63) is 24.0 Å². The Morgan fingerprint density at radius 2 is 2.06 bits per heavy atom. The van der Waals surface area contributed by atoms with Crippen molar-refractivity contribution in [2.45, 2.75) is 52.0 Å². The molecule has 0 aliphatic carbocycles. The molecule has 5 heteroatoms. The maximum absolute atomic E-state index is 12.0. The van der Waals surface area contributed by atoms with Crippen molar-refractivity contribution in [1.29, 1.82) is 0 Å². The summed E-state index contributed by atoms with van der Waals surface area (Å²) < 4.78 is 37.9. The van der Waals surface area contributed by atoms with E-state index in [4.69, 9.17) is 0 Å². The lowest BCUT2D eigenvalue weighted by molar-refractivity contribution is -0.135. The maximum Gasteiger partial charge on any atom is 0.389 e. The van der Waals surface area contributed by atoms with Crippen LogP contribution in [0.5, 0.6) is 0 Å². The van der Waals surface area contributed by atoms with Gasteiger partial charge < -0.3 is 9.88 Å². The third kappa shape index (κ3) is 5.77. The molecule has 17 heavy (non-hydrogen) atoms. The van der Waals surface area contributed by atoms with E-state index < -0.39 is 12.6 Å². The summed E-state index contributed by atoms with van der Waals surface area (Å²) in [5, 5.41) is 3.25. The van der Waals surface area contributed by atoms with Crippen molar-refractivity contribution in [2.24, 2.45) is 0 Å². The van der Waals surface area contributed by atoms with Crippen LogP contribution in [0.25, 0.3) is 0 Å². The van der Waals surface area contributed by atoms with E-state index in [9.17, 15) is 13.2 Å². The van der Waals surface area contributed by atoms with Gasteiger partial charge in [-0.3, -0.25) is 0 Å². The minimum atomic E-state index is -4.05. The lowest BCUT2D eigenvalue weighted by atomic mass is 10.3. The highest BCUT2D eigenvalue weighted by Crippen LogP contribution is 2.21. The molecule has 0 atom stereocenters. The Morgan fingerprint density at radius 1 is 1.35 bits per heavy atom. The molecule has 1 aromatic rings. The van der Waals surface area contributed by atoms with E-state index in [1.807, 2.05) is 36.7 Å². The van der Waals surface area contributed by atoms with Crippen LogP contribution in [-0.2, 0) is 13.1 Å². The largest absolute Gasteiger partial charge is 0.389 e. The monoisotopic (exact) mass is 248 g/mol. The molecule has 0 unspecified atom stereocenters. The number of rotatable bonds is 6. The predicted octanol–water partition coefficient (Wildman–Crippen LogP) is 3.33. The van der Waals surface area contributed by atoms with Crippen LogP contribution in [0, 0.1) is 0 Å². The zero-order valence-electron chi connectivity index (χ0n) is 10.2. The molecule has 0 spiro atoms. The van der Waals surface area contributed by atoms with Gasteiger partial charge in [0.25, 0.3) is 0 Å². The first kappa shape index (κ1) is 14.1. The van der Waals surface area contributed by atoms with Gasteiger partial charge in [-0.25, -0.2) is 0 Å². The summed E-state index contributed by atoms with van der Waals surface area (Å²) in [6.45, 7) is 5.19. The fraction of sp³-hybridized carbons (Fsp3) is 0.667. The number of alkyl halides is 3. The summed E-state index contributed by atoms with van der Waals surface area (Å²) in [5.74, 6) is 0. The molecule has 1 rings (SSSR count). The third-order valence-corrected chi connectivity index (χ3v) is 2.47. The quantitative estimate of drug-likeness (QED) is 0.817. The summed E-state index contributed by atoms with van der Waals surface area (Å²) >= 11 is 0. The van der Waals surface area contributed by atoms with E-state index in [1.54, 1.807) is 0 Å². The lowest BCUT2D eigenvalue weighted by Gasteiger charge is -2.12. The Balaban J connectivity index is 2.40. The van der Waals surface area contributed by atoms with Gasteiger partial charge in [-0.2, -0.15) is 13.2 Å². The molecule has 0 bridgehead atoms. The second kappa shape index (κ2) is 6.10. The second-order valence-corrected chi connectivity index (χ2v) is 4.45. The first-order valence-electron chi connectivity index (χ1n) is 5.82. The number of hydrogen-bond donors (Lipinski definition) is 1. The van der Waals surface area contributed by atoms with E-state index in [0.717, 1.165) is 5.69 Å². The normalized spacial score (nSPS) is 12.4. The summed E-state index contributed by atoms with van der Waals surface area (Å²) in [4.78, 5) is 0. The molecule has 0 amide bonds. The standard InChI is InChI=1S/C12H19F3N2/c1-10(2)16-9-11-5-3-7-17(11)8-4-6-12(13,14)15/h3,5,7,10,16H,4,6,8-9H2,1-2H3. The van der Waals surface area contributed by atoms with Crippen molar-refractivity contribution in [2.75, 3.05) is 0 Å². The molecule has 0 aliphatic rings. The van der Waals surface area contributed by atoms with Gasteiger partial charge in [-0.05, 0) is 18.6 Å². The molecule has 0 aromatic carbocycles. The molecule has 0 radical (unpaired) electrons. The first-order chi connectivity index (χ1) is 7.88. The van der Waals surface area contributed by atoms with Crippen LogP contribution in [0.15, 0.2) is 18.3 Å². The zero-order valence-corrected chi connectivity index (χ0v) is 10.2. The fourth-order valence-electron chi connectivity index (χ4n) is 1.59. The first-order valence-corrected chi connectivity index (χ1v) is 5.82. The summed E-state index contributed by atoms with van der Waals surface area (Å²) in [6.07, 6.45) is -2.81. The van der Waals surface area contributed by atoms with Gasteiger partial charge in [-0.15, -0.1) is 0 Å². The van der Waals surface area contributed by atoms with Crippen molar-refractivity contribution >= 4 is 0 Å². The van der Waals surface area contributed by atoms with Crippen molar-refractivity contribution in [1.82, 2.24) is 9.88 Å². The molecular weight excluding hydrogens is 229 g/mol. The van der Waals surface area contributed by atoms with E-state index in [-0.39, 0.29) is 6.42 Å². The average Bonchev–Trinajstić information content (AvgIpc) is 2.60. The van der Waals surface area contributed by atoms with E-state index in [1.165, 1.54) is 0 Å². The lowest BCUT2D eigenvalue weighted by Crippen LogP contribution is -2.23. The maximum atomic E-state index is 12.0. The van der Waals surface area contributed by atoms with Crippen molar-refractivity contribution in [3.8, 4) is 0 Å². The summed E-state index contributed by atoms with van der Waals surface area (Å²) in [6, 6.07) is 4.17. The number of nitrogens with zero attached hydrogens (tertiary/aromatic N) is 1. The molecule has 98 valence electrons. The smallest absolute Gasteiger partial charge is 0.350 e. The Kier molecular flexibility index (Phi) is 5.05. The molecule has 2 nitrogen and oxygen atoms in total. The van der Waals surface area contributed by atoms with Crippen LogP contribution < -0.4 is 5.32 Å². The average molecular weight is 248 g/mol. The van der Waals surface area contributed by atoms with E-state index in [2.05, 4.69) is 5.32 Å². The number of hydrogen-bond acceptors (Lipinski definition) is 1. The number of halogens is 3. The van der Waals surface area contributed by atoms with Crippen LogP contribution in [0.4, 0.5) is 13.2 Å². The molecule has 1 aromatic heterocycles. The minimum absolute atomic E-state index is 0.132. The molecule has 0 saturated heterocycles. The fourth-order valence-corrected chi connectivity index (χ4v) is 1.59. The molecule has 0 fully saturated rings. The van der Waals surface area contributed by atoms with E-state index >= 15 is 0 Å². The van der Waals surface area contributed by atoms with Crippen LogP contribution in [-0.4, -0.2) is 16.8 Å². The SMILES string of the molecule is CC(C)NCc1cccn1CCCC(F)(F)F. The van der Waals surface area contributed by atoms with E-state index in [0.29, 0.717) is 19.1 Å². The minimum Gasteiger partial charge on any atom is -0.350 e. The number of aryl methyl sites for hydroxylation is 1. The van der Waals surface area contributed by atoms with Crippen molar-refractivity contribution < 1.29 is 13.2 Å². The molecule has 1 N–H and O–H groups in total. The van der Waals surface area contributed by atoms with Gasteiger partial charge in [0, 0.05) is 37.4 Å². The topological polar surface area (TPSA) is 17.0 Å². The van der Waals surface area contributed by atoms with Gasteiger partial charge in [0.15, 0.2) is 0 Å². The summed E-state index contributed by atoms with van der Waals surface area (Å²) in [7, 11) is 0. The highest BCUT2D eigenvalue weighted by Gasteiger charge is 2.26. The molecule has 0 saturated carbocycles. The van der Waals surface area contributed by atoms with Crippen LogP contribution in [0.1, 0.15) is 32.4 Å². The highest BCUT2D eigenvalue weighted by molar-refractivity contribution is 5.06. The molecule has 0 aliphatic heterocycles.